The molecule has 2 atom stereocenters. The van der Waals surface area contributed by atoms with Gasteiger partial charge in [-0.1, -0.05) is 27.0 Å². The van der Waals surface area contributed by atoms with Crippen LogP contribution in [0.1, 0.15) is 33.6 Å². The molecule has 2 unspecified atom stereocenters. The van der Waals surface area contributed by atoms with E-state index in [4.69, 9.17) is 4.74 Å². The Balaban J connectivity index is 4.66. The number of allylic oxidation sites excluding steroid dienone is 3. The Hall–Kier alpha value is -1.45. The lowest BCUT2D eigenvalue weighted by Crippen LogP contribution is -2.05. The number of carbonyl (C=O) groups excluding carboxylic acids is 1. The number of rotatable bonds is 9. The van der Waals surface area contributed by atoms with Crippen molar-refractivity contribution in [3.05, 3.63) is 36.1 Å². The van der Waals surface area contributed by atoms with Gasteiger partial charge in [0.1, 0.15) is 6.29 Å². The van der Waals surface area contributed by atoms with Gasteiger partial charge in [-0.3, -0.25) is 0 Å². The first kappa shape index (κ1) is 17.6. The highest BCUT2D eigenvalue weighted by Gasteiger charge is 2.19. The zero-order valence-electron chi connectivity index (χ0n) is 11.8. The summed E-state index contributed by atoms with van der Waals surface area (Å²) < 4.78 is 32.2. The molecule has 0 aliphatic rings. The smallest absolute Gasteiger partial charge is 0.200 e. The zero-order chi connectivity index (χ0) is 15.0. The third kappa shape index (κ3) is 5.81. The van der Waals surface area contributed by atoms with E-state index in [1.807, 2.05) is 0 Å². The average molecular weight is 272 g/mol. The highest BCUT2D eigenvalue weighted by atomic mass is 19.2. The monoisotopic (exact) mass is 272 g/mol. The quantitative estimate of drug-likeness (QED) is 0.351. The molecule has 0 aromatic carbocycles. The van der Waals surface area contributed by atoms with Gasteiger partial charge >= 0.3 is 0 Å². The number of hydrogen-bond acceptors (Lipinski definition) is 2. The minimum atomic E-state index is -1.11. The number of hydrogen-bond donors (Lipinski definition) is 0. The van der Waals surface area contributed by atoms with E-state index >= 15 is 0 Å². The Labute approximate surface area is 113 Å². The van der Waals surface area contributed by atoms with E-state index in [2.05, 4.69) is 13.2 Å². The van der Waals surface area contributed by atoms with Gasteiger partial charge < -0.3 is 9.53 Å². The van der Waals surface area contributed by atoms with Crippen LogP contribution in [0.2, 0.25) is 0 Å². The molecule has 0 bridgehead atoms. The molecule has 0 spiro atoms. The first-order chi connectivity index (χ1) is 8.84. The molecule has 0 N–H and O–H groups in total. The molecule has 0 saturated carbocycles. The summed E-state index contributed by atoms with van der Waals surface area (Å²) in [4.78, 5) is 10.5. The van der Waals surface area contributed by atoms with E-state index in [1.165, 1.54) is 0 Å². The molecule has 0 aromatic heterocycles. The van der Waals surface area contributed by atoms with Gasteiger partial charge in [0.2, 0.25) is 0 Å². The maximum atomic E-state index is 13.8. The summed E-state index contributed by atoms with van der Waals surface area (Å²) in [5.74, 6) is -2.80. The van der Waals surface area contributed by atoms with Crippen molar-refractivity contribution in [2.45, 2.75) is 33.6 Å². The lowest BCUT2D eigenvalue weighted by Gasteiger charge is -2.15. The highest BCUT2D eigenvalue weighted by molar-refractivity contribution is 5.52. The van der Waals surface area contributed by atoms with Crippen molar-refractivity contribution in [1.29, 1.82) is 0 Å². The molecule has 0 heterocycles. The molecule has 0 rings (SSSR count). The summed E-state index contributed by atoms with van der Waals surface area (Å²) in [6.07, 6.45) is 2.03. The second-order valence-electron chi connectivity index (χ2n) is 4.60. The van der Waals surface area contributed by atoms with Gasteiger partial charge in [0, 0.05) is 5.92 Å². The van der Waals surface area contributed by atoms with Crippen molar-refractivity contribution < 1.29 is 18.3 Å². The van der Waals surface area contributed by atoms with Crippen LogP contribution >= 0.6 is 0 Å². The number of aldehydes is 1. The van der Waals surface area contributed by atoms with Crippen LogP contribution in [0.3, 0.4) is 0 Å². The fourth-order valence-corrected chi connectivity index (χ4v) is 1.47. The van der Waals surface area contributed by atoms with Crippen LogP contribution in [0.15, 0.2) is 36.1 Å². The maximum Gasteiger partial charge on any atom is 0.200 e. The fourth-order valence-electron chi connectivity index (χ4n) is 1.47. The Morgan fingerprint density at radius 2 is 1.79 bits per heavy atom. The predicted octanol–water partition coefficient (Wildman–Crippen LogP) is 4.49. The normalized spacial score (nSPS) is 15.2. The SMILES string of the molecule is C=C(OCC)/C(F)=C(/F)C(=C)C(C)CCC(C)C=O. The van der Waals surface area contributed by atoms with Crippen molar-refractivity contribution in [3.63, 3.8) is 0 Å². The molecule has 0 amide bonds. The molecule has 0 aliphatic carbocycles. The number of ether oxygens (including phenoxy) is 1. The molecule has 108 valence electrons. The Bertz CT molecular complexity index is 372. The van der Waals surface area contributed by atoms with E-state index in [0.717, 1.165) is 6.29 Å². The molecule has 0 aliphatic heterocycles. The molecule has 19 heavy (non-hydrogen) atoms. The van der Waals surface area contributed by atoms with Crippen molar-refractivity contribution in [2.75, 3.05) is 6.61 Å². The average Bonchev–Trinajstić information content (AvgIpc) is 2.41. The Kier molecular flexibility index (Phi) is 7.96. The molecule has 0 radical (unpaired) electrons. The Morgan fingerprint density at radius 3 is 2.26 bits per heavy atom. The molecule has 2 nitrogen and oxygen atoms in total. The topological polar surface area (TPSA) is 26.3 Å². The van der Waals surface area contributed by atoms with Crippen LogP contribution in [-0.4, -0.2) is 12.9 Å². The first-order valence-corrected chi connectivity index (χ1v) is 6.36. The summed E-state index contributed by atoms with van der Waals surface area (Å²) in [7, 11) is 0. The van der Waals surface area contributed by atoms with Crippen LogP contribution < -0.4 is 0 Å². The summed E-state index contributed by atoms with van der Waals surface area (Å²) >= 11 is 0. The van der Waals surface area contributed by atoms with Crippen molar-refractivity contribution in [1.82, 2.24) is 0 Å². The molecule has 0 fully saturated rings. The summed E-state index contributed by atoms with van der Waals surface area (Å²) in [6.45, 7) is 12.3. The standard InChI is InChI=1S/C15H22F2O2/c1-6-19-13(5)15(17)14(16)12(4)11(3)8-7-10(2)9-18/h9-11H,4-8H2,1-3H3/b15-14-. The van der Waals surface area contributed by atoms with Gasteiger partial charge in [-0.15, -0.1) is 0 Å². The van der Waals surface area contributed by atoms with Gasteiger partial charge in [-0.2, -0.15) is 4.39 Å². The summed E-state index contributed by atoms with van der Waals surface area (Å²) in [6, 6.07) is 0. The van der Waals surface area contributed by atoms with E-state index in [9.17, 15) is 13.6 Å². The van der Waals surface area contributed by atoms with Crippen molar-refractivity contribution >= 4 is 6.29 Å². The van der Waals surface area contributed by atoms with Crippen LogP contribution in [0.4, 0.5) is 8.78 Å². The van der Waals surface area contributed by atoms with Gasteiger partial charge in [0.15, 0.2) is 17.4 Å². The van der Waals surface area contributed by atoms with Crippen LogP contribution in [-0.2, 0) is 9.53 Å². The zero-order valence-corrected chi connectivity index (χ0v) is 11.8. The first-order valence-electron chi connectivity index (χ1n) is 6.36. The van der Waals surface area contributed by atoms with Crippen molar-refractivity contribution in [3.8, 4) is 0 Å². The minimum Gasteiger partial charge on any atom is -0.491 e. The van der Waals surface area contributed by atoms with E-state index in [0.29, 0.717) is 12.8 Å². The third-order valence-electron chi connectivity index (χ3n) is 2.92. The molecule has 4 heteroatoms. The lowest BCUT2D eigenvalue weighted by molar-refractivity contribution is -0.110. The van der Waals surface area contributed by atoms with Crippen molar-refractivity contribution in [2.24, 2.45) is 11.8 Å². The van der Waals surface area contributed by atoms with Gasteiger partial charge in [0.25, 0.3) is 0 Å². The van der Waals surface area contributed by atoms with E-state index < -0.39 is 11.7 Å². The number of carbonyl (C=O) groups is 1. The van der Waals surface area contributed by atoms with Gasteiger partial charge in [0.05, 0.1) is 6.61 Å². The van der Waals surface area contributed by atoms with Crippen LogP contribution in [0.25, 0.3) is 0 Å². The van der Waals surface area contributed by atoms with Gasteiger partial charge in [-0.05, 0) is 31.3 Å². The molecular weight excluding hydrogens is 250 g/mol. The molecule has 0 aromatic rings. The largest absolute Gasteiger partial charge is 0.491 e. The van der Waals surface area contributed by atoms with E-state index in [-0.39, 0.29) is 29.8 Å². The van der Waals surface area contributed by atoms with Crippen LogP contribution in [0.5, 0.6) is 0 Å². The van der Waals surface area contributed by atoms with Gasteiger partial charge in [-0.25, -0.2) is 4.39 Å². The number of halogens is 2. The molecular formula is C15H22F2O2. The fraction of sp³-hybridized carbons (Fsp3) is 0.533. The molecule has 0 saturated heterocycles. The highest BCUT2D eigenvalue weighted by Crippen LogP contribution is 2.29. The maximum absolute atomic E-state index is 13.8. The third-order valence-corrected chi connectivity index (χ3v) is 2.92. The summed E-state index contributed by atoms with van der Waals surface area (Å²) in [5, 5.41) is 0. The van der Waals surface area contributed by atoms with Crippen LogP contribution in [0, 0.1) is 11.8 Å². The Morgan fingerprint density at radius 1 is 1.21 bits per heavy atom. The lowest BCUT2D eigenvalue weighted by atomic mass is 9.92. The van der Waals surface area contributed by atoms with E-state index in [1.54, 1.807) is 20.8 Å². The predicted molar refractivity (Wildman–Crippen MR) is 72.8 cm³/mol. The second kappa shape index (κ2) is 8.62. The minimum absolute atomic E-state index is 0.0662. The second-order valence-corrected chi connectivity index (χ2v) is 4.60. The summed E-state index contributed by atoms with van der Waals surface area (Å²) in [5.41, 5.74) is 0.0662.